The molecule has 0 saturated heterocycles. The Morgan fingerprint density at radius 1 is 0.538 bits per heavy atom. The number of benzene rings is 6. The molecule has 4 heteroatoms. The molecule has 2 nitrogen and oxygen atoms in total. The first kappa shape index (κ1) is 33.2. The fraction of sp³-hybridized carbons (Fsp3) is 0.0417. The summed E-state index contributed by atoms with van der Waals surface area (Å²) in [5.74, 6) is 0. The van der Waals surface area contributed by atoms with Crippen molar-refractivity contribution in [3.05, 3.63) is 197 Å². The lowest BCUT2D eigenvalue weighted by molar-refractivity contribution is 1.29. The molecule has 0 unspecified atom stereocenters. The first-order chi connectivity index (χ1) is 25.6. The minimum atomic E-state index is 1.02. The summed E-state index contributed by atoms with van der Waals surface area (Å²) in [6, 6.07) is 56.1. The number of aryl methyl sites for hydroxylation is 1. The molecular weight excluding hydrogens is 669 g/mol. The number of anilines is 4. The number of allylic oxidation sites excluding steroid dienone is 1. The number of fused-ring (bicyclic) bond motifs is 2. The van der Waals surface area contributed by atoms with Crippen LogP contribution in [0.5, 0.6) is 0 Å². The summed E-state index contributed by atoms with van der Waals surface area (Å²) in [4.78, 5) is 5.94. The van der Waals surface area contributed by atoms with Crippen LogP contribution in [0, 0.1) is 6.92 Å². The zero-order chi connectivity index (χ0) is 35.6. The zero-order valence-electron chi connectivity index (χ0n) is 29.3. The molecule has 252 valence electrons. The van der Waals surface area contributed by atoms with Gasteiger partial charge in [0.25, 0.3) is 0 Å². The van der Waals surface area contributed by atoms with E-state index in [0.29, 0.717) is 0 Å². The van der Waals surface area contributed by atoms with E-state index >= 15 is 0 Å². The molecule has 0 aliphatic rings. The summed E-state index contributed by atoms with van der Waals surface area (Å²) in [5.41, 5.74) is 10.2. The van der Waals surface area contributed by atoms with E-state index in [4.69, 9.17) is 0 Å². The van der Waals surface area contributed by atoms with Crippen molar-refractivity contribution in [2.75, 3.05) is 9.80 Å². The van der Waals surface area contributed by atoms with Crippen LogP contribution in [0.15, 0.2) is 176 Å². The SMILES string of the molecule is C=C/C(=c1/sc2ccccc2c1=C)N(c1ccccc1)c1ccc(-c2ccc(N(/C(=C/C)c3sc4ccccc4c3C)c3ccccc3)cc2)cc1. The van der Waals surface area contributed by atoms with Gasteiger partial charge in [-0.3, -0.25) is 0 Å². The van der Waals surface area contributed by atoms with Crippen LogP contribution >= 0.6 is 22.7 Å². The van der Waals surface area contributed by atoms with Crippen LogP contribution in [0.2, 0.25) is 0 Å². The minimum Gasteiger partial charge on any atom is -0.309 e. The molecule has 0 radical (unpaired) electrons. The van der Waals surface area contributed by atoms with E-state index in [-0.39, 0.29) is 0 Å². The molecule has 0 atom stereocenters. The number of para-hydroxylation sites is 2. The van der Waals surface area contributed by atoms with Crippen LogP contribution in [0.4, 0.5) is 22.7 Å². The predicted octanol–water partition coefficient (Wildman–Crippen LogP) is 12.8. The fourth-order valence-electron chi connectivity index (χ4n) is 6.99. The van der Waals surface area contributed by atoms with Crippen molar-refractivity contribution in [2.24, 2.45) is 0 Å². The summed E-state index contributed by atoms with van der Waals surface area (Å²) >= 11 is 3.62. The monoisotopic (exact) mass is 706 g/mol. The van der Waals surface area contributed by atoms with Crippen molar-refractivity contribution in [3.8, 4) is 11.1 Å². The molecule has 0 spiro atoms. The van der Waals surface area contributed by atoms with Crippen LogP contribution in [-0.4, -0.2) is 0 Å². The van der Waals surface area contributed by atoms with Crippen molar-refractivity contribution >= 4 is 83.6 Å². The van der Waals surface area contributed by atoms with Crippen LogP contribution < -0.4 is 19.6 Å². The van der Waals surface area contributed by atoms with Gasteiger partial charge >= 0.3 is 0 Å². The minimum absolute atomic E-state index is 1.02. The molecular formula is C48H38N2S2. The Labute approximate surface area is 313 Å². The van der Waals surface area contributed by atoms with Crippen molar-refractivity contribution in [2.45, 2.75) is 13.8 Å². The van der Waals surface area contributed by atoms with Gasteiger partial charge in [-0.25, -0.2) is 0 Å². The van der Waals surface area contributed by atoms with Crippen LogP contribution in [-0.2, 0) is 0 Å². The smallest absolute Gasteiger partial charge is 0.0634 e. The van der Waals surface area contributed by atoms with E-state index in [1.54, 1.807) is 11.3 Å². The Balaban J connectivity index is 1.17. The molecule has 2 heterocycles. The van der Waals surface area contributed by atoms with Gasteiger partial charge in [-0.05, 0) is 113 Å². The molecule has 0 bridgehead atoms. The maximum atomic E-state index is 4.50. The van der Waals surface area contributed by atoms with E-state index in [0.717, 1.165) is 49.3 Å². The fourth-order valence-corrected chi connectivity index (χ4v) is 9.44. The number of hydrogen-bond donors (Lipinski definition) is 0. The highest BCUT2D eigenvalue weighted by Crippen LogP contribution is 2.42. The maximum Gasteiger partial charge on any atom is 0.0634 e. The van der Waals surface area contributed by atoms with Crippen molar-refractivity contribution in [3.63, 3.8) is 0 Å². The van der Waals surface area contributed by atoms with Crippen molar-refractivity contribution in [1.29, 1.82) is 0 Å². The highest BCUT2D eigenvalue weighted by atomic mass is 32.1. The maximum absolute atomic E-state index is 4.50. The highest BCUT2D eigenvalue weighted by molar-refractivity contribution is 7.20. The summed E-state index contributed by atoms with van der Waals surface area (Å²) in [5, 5.41) is 3.52. The number of rotatable bonds is 9. The van der Waals surface area contributed by atoms with E-state index in [1.807, 2.05) is 17.4 Å². The second-order valence-electron chi connectivity index (χ2n) is 12.7. The average Bonchev–Trinajstić information content (AvgIpc) is 3.72. The molecule has 8 aromatic rings. The van der Waals surface area contributed by atoms with Gasteiger partial charge in [0.2, 0.25) is 0 Å². The first-order valence-corrected chi connectivity index (χ1v) is 19.1. The topological polar surface area (TPSA) is 6.48 Å². The summed E-state index contributed by atoms with van der Waals surface area (Å²) in [7, 11) is 0. The average molecular weight is 707 g/mol. The molecule has 0 aliphatic carbocycles. The molecule has 0 fully saturated rings. The normalized spacial score (nSPS) is 12.2. The van der Waals surface area contributed by atoms with Gasteiger partial charge < -0.3 is 9.80 Å². The molecule has 52 heavy (non-hydrogen) atoms. The molecule has 0 amide bonds. The third-order valence-corrected chi connectivity index (χ3v) is 12.1. The van der Waals surface area contributed by atoms with Gasteiger partial charge in [-0.1, -0.05) is 116 Å². The van der Waals surface area contributed by atoms with Crippen molar-refractivity contribution in [1.82, 2.24) is 0 Å². The Hall–Kier alpha value is -5.94. The molecule has 0 N–H and O–H groups in total. The zero-order valence-corrected chi connectivity index (χ0v) is 30.9. The second kappa shape index (κ2) is 14.4. The third-order valence-electron chi connectivity index (χ3n) is 9.57. The Bertz CT molecular complexity index is 2670. The second-order valence-corrected chi connectivity index (χ2v) is 14.8. The Morgan fingerprint density at radius 3 is 1.52 bits per heavy atom. The lowest BCUT2D eigenvalue weighted by Gasteiger charge is -2.28. The lowest BCUT2D eigenvalue weighted by Crippen LogP contribution is -2.27. The predicted molar refractivity (Wildman–Crippen MR) is 229 cm³/mol. The summed E-state index contributed by atoms with van der Waals surface area (Å²) in [6.07, 6.45) is 4.19. The summed E-state index contributed by atoms with van der Waals surface area (Å²) in [6.45, 7) is 13.1. The van der Waals surface area contributed by atoms with E-state index in [1.165, 1.54) is 36.3 Å². The molecule has 8 rings (SSSR count). The summed E-state index contributed by atoms with van der Waals surface area (Å²) < 4.78 is 3.65. The first-order valence-electron chi connectivity index (χ1n) is 17.4. The number of nitrogens with zero attached hydrogens (tertiary/aromatic N) is 2. The van der Waals surface area contributed by atoms with Gasteiger partial charge in [-0.15, -0.1) is 22.7 Å². The van der Waals surface area contributed by atoms with Crippen molar-refractivity contribution < 1.29 is 0 Å². The Morgan fingerprint density at radius 2 is 1.00 bits per heavy atom. The largest absolute Gasteiger partial charge is 0.309 e. The molecule has 0 saturated carbocycles. The third kappa shape index (κ3) is 6.06. The van der Waals surface area contributed by atoms with Gasteiger partial charge in [-0.2, -0.15) is 0 Å². The van der Waals surface area contributed by atoms with Gasteiger partial charge in [0.15, 0.2) is 0 Å². The van der Waals surface area contributed by atoms with Gasteiger partial charge in [0.1, 0.15) is 0 Å². The van der Waals surface area contributed by atoms with Crippen LogP contribution in [0.1, 0.15) is 17.4 Å². The van der Waals surface area contributed by atoms with E-state index in [9.17, 15) is 0 Å². The molecule has 0 aliphatic heterocycles. The van der Waals surface area contributed by atoms with Gasteiger partial charge in [0.05, 0.1) is 20.8 Å². The number of hydrogen-bond acceptors (Lipinski definition) is 4. The van der Waals surface area contributed by atoms with Crippen LogP contribution in [0.3, 0.4) is 0 Å². The van der Waals surface area contributed by atoms with E-state index < -0.39 is 0 Å². The van der Waals surface area contributed by atoms with Crippen LogP contribution in [0.25, 0.3) is 49.3 Å². The van der Waals surface area contributed by atoms with Gasteiger partial charge in [0, 0.05) is 32.1 Å². The van der Waals surface area contributed by atoms with E-state index in [2.05, 4.69) is 201 Å². The Kier molecular flexibility index (Phi) is 9.17. The molecule has 6 aromatic carbocycles. The lowest BCUT2D eigenvalue weighted by atomic mass is 10.0. The molecule has 2 aromatic heterocycles. The number of thiophene rings is 2. The highest BCUT2D eigenvalue weighted by Gasteiger charge is 2.21. The quantitative estimate of drug-likeness (QED) is 0.147. The standard InChI is InChI=1S/C48H38N2S2/c1-5-43(47-33(3)41-21-13-15-23-45(41)51-47)49(37-17-9-7-10-18-37)39-29-25-35(26-30-39)36-27-31-40(32-28-36)50(38-19-11-8-12-20-38)44(6-2)48-34(4)42-22-14-16-24-46(42)52-48/h5-32H,1,3H2,2,4H3/b44-6+,47-43-.